The van der Waals surface area contributed by atoms with E-state index in [0.29, 0.717) is 23.0 Å². The fourth-order valence-corrected chi connectivity index (χ4v) is 7.01. The molecule has 0 unspecified atom stereocenters. The summed E-state index contributed by atoms with van der Waals surface area (Å²) in [6.07, 6.45) is 7.13. The number of hydrogen-bond donors (Lipinski definition) is 0. The minimum Gasteiger partial charge on any atom is -0.341 e. The second kappa shape index (κ2) is 11.5. The molecule has 1 aliphatic heterocycles. The van der Waals surface area contributed by atoms with E-state index < -0.39 is 0 Å². The van der Waals surface area contributed by atoms with E-state index in [1.165, 1.54) is 0 Å². The lowest BCUT2D eigenvalue weighted by atomic mass is 10.1. The maximum atomic E-state index is 5.38. The van der Waals surface area contributed by atoms with E-state index in [-0.39, 0.29) is 0 Å². The van der Waals surface area contributed by atoms with Crippen molar-refractivity contribution in [1.82, 2.24) is 39.0 Å². The number of para-hydroxylation sites is 5. The molecule has 6 aromatic heterocycles. The Hall–Kier alpha value is -7.20. The predicted octanol–water partition coefficient (Wildman–Crippen LogP) is 8.83. The van der Waals surface area contributed by atoms with Crippen LogP contribution in [0.2, 0.25) is 0 Å². The molecule has 3 aromatic carbocycles. The molecule has 0 saturated heterocycles. The van der Waals surface area contributed by atoms with Crippen molar-refractivity contribution in [1.29, 1.82) is 0 Å². The van der Waals surface area contributed by atoms with Gasteiger partial charge >= 0.3 is 0 Å². The van der Waals surface area contributed by atoms with Gasteiger partial charge in [0, 0.05) is 37.5 Å². The van der Waals surface area contributed by atoms with E-state index in [1.807, 2.05) is 59.2 Å². The zero-order valence-electron chi connectivity index (χ0n) is 27.4. The number of hydrogen-bond acceptors (Lipinski definition) is 8. The molecule has 0 spiro atoms. The first kappa shape index (κ1) is 28.8. The summed E-state index contributed by atoms with van der Waals surface area (Å²) in [5.74, 6) is 1.31. The Labute approximate surface area is 292 Å². The molecule has 0 aliphatic carbocycles. The Kier molecular flexibility index (Phi) is 6.46. The minimum absolute atomic E-state index is 0.647. The smallest absolute Gasteiger partial charge is 0.165 e. The van der Waals surface area contributed by atoms with Crippen molar-refractivity contribution < 1.29 is 0 Å². The fourth-order valence-electron chi connectivity index (χ4n) is 7.01. The highest BCUT2D eigenvalue weighted by Crippen LogP contribution is 2.51. The van der Waals surface area contributed by atoms with Crippen LogP contribution in [0.15, 0.2) is 152 Å². The molecule has 51 heavy (non-hydrogen) atoms. The van der Waals surface area contributed by atoms with Crippen LogP contribution in [0.4, 0.5) is 28.4 Å². The van der Waals surface area contributed by atoms with Crippen LogP contribution in [-0.4, -0.2) is 46.1 Å². The van der Waals surface area contributed by atoms with Crippen molar-refractivity contribution in [3.63, 3.8) is 0 Å². The Morgan fingerprint density at radius 3 is 1.47 bits per heavy atom. The third kappa shape index (κ3) is 4.57. The van der Waals surface area contributed by atoms with E-state index in [9.17, 15) is 0 Å². The SMILES string of the molecule is CN1c2ccccc2N(c2cc(-c3nc4cccnc4n3-c3ccccc3)nc(-c3nc4cccnc4n3-c3ccncc3)c2)c2ccccc21. The van der Waals surface area contributed by atoms with E-state index in [0.717, 1.165) is 62.1 Å². The Bertz CT molecular complexity index is 2550. The number of nitrogens with zero attached hydrogens (tertiary/aromatic N) is 10. The van der Waals surface area contributed by atoms with Gasteiger partial charge in [0.2, 0.25) is 0 Å². The largest absolute Gasteiger partial charge is 0.341 e. The molecule has 0 N–H and O–H groups in total. The van der Waals surface area contributed by atoms with E-state index in [4.69, 9.17) is 24.9 Å². The molecular weight excluding hydrogens is 633 g/mol. The van der Waals surface area contributed by atoms with Crippen molar-refractivity contribution in [2.24, 2.45) is 0 Å². The Morgan fingerprint density at radius 2 is 0.922 bits per heavy atom. The highest BCUT2D eigenvalue weighted by Gasteiger charge is 2.29. The summed E-state index contributed by atoms with van der Waals surface area (Å²) in [7, 11) is 2.11. The summed E-state index contributed by atoms with van der Waals surface area (Å²) in [5.41, 5.74) is 11.3. The summed E-state index contributed by atoms with van der Waals surface area (Å²) in [6, 6.07) is 43.0. The first-order valence-corrected chi connectivity index (χ1v) is 16.6. The van der Waals surface area contributed by atoms with Gasteiger partial charge in [0.15, 0.2) is 22.9 Å². The summed E-state index contributed by atoms with van der Waals surface area (Å²) >= 11 is 0. The van der Waals surface area contributed by atoms with Gasteiger partial charge in [0.25, 0.3) is 0 Å². The molecule has 9 aromatic rings. The molecule has 0 atom stereocenters. The molecule has 10 nitrogen and oxygen atoms in total. The molecule has 10 rings (SSSR count). The molecule has 10 heteroatoms. The number of anilines is 5. The maximum Gasteiger partial charge on any atom is 0.165 e. The van der Waals surface area contributed by atoms with Crippen LogP contribution in [-0.2, 0) is 0 Å². The topological polar surface area (TPSA) is 93.7 Å². The predicted molar refractivity (Wildman–Crippen MR) is 200 cm³/mol. The highest BCUT2D eigenvalue weighted by atomic mass is 15.3. The van der Waals surface area contributed by atoms with Gasteiger partial charge in [-0.2, -0.15) is 0 Å². The van der Waals surface area contributed by atoms with Crippen molar-refractivity contribution in [3.05, 3.63) is 152 Å². The summed E-state index contributed by atoms with van der Waals surface area (Å²) in [5, 5.41) is 0. The zero-order chi connectivity index (χ0) is 33.9. The van der Waals surface area contributed by atoms with E-state index in [1.54, 1.807) is 24.8 Å². The first-order chi connectivity index (χ1) is 25.2. The maximum absolute atomic E-state index is 5.38. The van der Waals surface area contributed by atoms with Gasteiger partial charge in [-0.15, -0.1) is 0 Å². The van der Waals surface area contributed by atoms with Crippen LogP contribution in [0.3, 0.4) is 0 Å². The van der Waals surface area contributed by atoms with Crippen molar-refractivity contribution >= 4 is 50.8 Å². The lowest BCUT2D eigenvalue weighted by Crippen LogP contribution is -2.24. The minimum atomic E-state index is 0.647. The quantitative estimate of drug-likeness (QED) is 0.181. The van der Waals surface area contributed by atoms with Crippen LogP contribution in [0, 0.1) is 0 Å². The lowest BCUT2D eigenvalue weighted by Gasteiger charge is -2.38. The van der Waals surface area contributed by atoms with Crippen LogP contribution in [0.5, 0.6) is 0 Å². The third-order valence-corrected chi connectivity index (χ3v) is 9.26. The Balaban J connectivity index is 1.30. The number of fused-ring (bicyclic) bond motifs is 4. The van der Waals surface area contributed by atoms with Crippen molar-refractivity contribution in [2.45, 2.75) is 0 Å². The zero-order valence-corrected chi connectivity index (χ0v) is 27.4. The number of pyridine rings is 4. The molecule has 1 aliphatic rings. The fraction of sp³-hybridized carbons (Fsp3) is 0.0244. The molecular formula is C41H28N10. The number of benzene rings is 3. The average molecular weight is 661 g/mol. The van der Waals surface area contributed by atoms with Gasteiger partial charge < -0.3 is 9.80 Å². The number of aromatic nitrogens is 8. The van der Waals surface area contributed by atoms with Gasteiger partial charge in [-0.3, -0.25) is 14.1 Å². The van der Waals surface area contributed by atoms with Crippen LogP contribution in [0.1, 0.15) is 0 Å². The standard InChI is InChI=1S/C41H28N10/c1-48-34-15-5-7-17-36(34)49(37-18-8-6-16-35(37)48)29-25-32(40-46-30-13-9-21-43-38(30)50(40)27-11-3-2-4-12-27)45-33(26-29)41-47-31-14-10-22-44-39(31)51(41)28-19-23-42-24-20-28/h2-26H,1H3. The summed E-state index contributed by atoms with van der Waals surface area (Å²) < 4.78 is 4.12. The van der Waals surface area contributed by atoms with Crippen molar-refractivity contribution in [3.8, 4) is 34.4 Å². The van der Waals surface area contributed by atoms with E-state index >= 15 is 0 Å². The molecule has 0 saturated carbocycles. The number of imidazole rings is 2. The van der Waals surface area contributed by atoms with Gasteiger partial charge in [-0.05, 0) is 84.9 Å². The van der Waals surface area contributed by atoms with E-state index in [2.05, 4.69) is 99.2 Å². The molecule has 0 fully saturated rings. The normalized spacial score (nSPS) is 12.3. The second-order valence-corrected chi connectivity index (χ2v) is 12.2. The second-order valence-electron chi connectivity index (χ2n) is 12.2. The Morgan fingerprint density at radius 1 is 0.431 bits per heavy atom. The first-order valence-electron chi connectivity index (χ1n) is 16.6. The average Bonchev–Trinajstić information content (AvgIpc) is 3.78. The van der Waals surface area contributed by atoms with Gasteiger partial charge in [0.05, 0.1) is 34.1 Å². The van der Waals surface area contributed by atoms with Gasteiger partial charge in [0.1, 0.15) is 22.4 Å². The van der Waals surface area contributed by atoms with Gasteiger partial charge in [-0.25, -0.2) is 24.9 Å². The molecule has 0 bridgehead atoms. The molecule has 0 radical (unpaired) electrons. The molecule has 242 valence electrons. The third-order valence-electron chi connectivity index (χ3n) is 9.26. The van der Waals surface area contributed by atoms with Crippen LogP contribution in [0.25, 0.3) is 56.7 Å². The van der Waals surface area contributed by atoms with Crippen LogP contribution >= 0.6 is 0 Å². The van der Waals surface area contributed by atoms with Crippen molar-refractivity contribution in [2.75, 3.05) is 16.8 Å². The number of rotatable bonds is 5. The lowest BCUT2D eigenvalue weighted by molar-refractivity contribution is 1.04. The summed E-state index contributed by atoms with van der Waals surface area (Å²) in [4.78, 5) is 34.0. The monoisotopic (exact) mass is 660 g/mol. The molecule has 0 amide bonds. The van der Waals surface area contributed by atoms with Crippen LogP contribution < -0.4 is 9.80 Å². The highest BCUT2D eigenvalue weighted by molar-refractivity contribution is 5.98. The summed E-state index contributed by atoms with van der Waals surface area (Å²) in [6.45, 7) is 0. The molecule has 7 heterocycles. The van der Waals surface area contributed by atoms with Gasteiger partial charge in [-0.1, -0.05) is 42.5 Å².